The van der Waals surface area contributed by atoms with E-state index in [4.69, 9.17) is 0 Å². The topological polar surface area (TPSA) is 45.8 Å². The van der Waals surface area contributed by atoms with Gasteiger partial charge in [0.25, 0.3) is 0 Å². The van der Waals surface area contributed by atoms with Crippen molar-refractivity contribution < 1.29 is 4.79 Å². The second kappa shape index (κ2) is 3.30. The highest BCUT2D eigenvalue weighted by molar-refractivity contribution is 9.09. The fourth-order valence-corrected chi connectivity index (χ4v) is 1.52. The molecule has 0 saturated carbocycles. The van der Waals surface area contributed by atoms with Crippen LogP contribution in [0, 0.1) is 0 Å². The Morgan fingerprint density at radius 1 is 1.54 bits per heavy atom. The van der Waals surface area contributed by atoms with Gasteiger partial charge in [-0.1, -0.05) is 15.9 Å². The monoisotopic (exact) mass is 238 g/mol. The van der Waals surface area contributed by atoms with E-state index in [0.29, 0.717) is 10.9 Å². The molecule has 0 amide bonds. The highest BCUT2D eigenvalue weighted by Crippen LogP contribution is 2.13. The van der Waals surface area contributed by atoms with E-state index in [0.717, 1.165) is 10.9 Å². The molecule has 1 aromatic carbocycles. The zero-order chi connectivity index (χ0) is 9.26. The van der Waals surface area contributed by atoms with Crippen LogP contribution in [0.5, 0.6) is 0 Å². The molecule has 0 spiro atoms. The second-order valence-electron chi connectivity index (χ2n) is 2.73. The van der Waals surface area contributed by atoms with Crippen molar-refractivity contribution in [2.45, 2.75) is 0 Å². The fourth-order valence-electron chi connectivity index (χ4n) is 1.19. The van der Waals surface area contributed by atoms with Crippen LogP contribution in [0.3, 0.4) is 0 Å². The number of hydrogen-bond acceptors (Lipinski definition) is 2. The van der Waals surface area contributed by atoms with E-state index in [9.17, 15) is 4.79 Å². The first-order chi connectivity index (χ1) is 6.31. The highest BCUT2D eigenvalue weighted by Gasteiger charge is 2.04. The SMILES string of the molecule is O=C(CBr)c1ccc2[nH]ncc2c1. The maximum absolute atomic E-state index is 11.3. The van der Waals surface area contributed by atoms with Gasteiger partial charge >= 0.3 is 0 Å². The van der Waals surface area contributed by atoms with Gasteiger partial charge < -0.3 is 0 Å². The van der Waals surface area contributed by atoms with Gasteiger partial charge in [0.05, 0.1) is 17.0 Å². The van der Waals surface area contributed by atoms with Gasteiger partial charge in [0.2, 0.25) is 0 Å². The molecule has 2 rings (SSSR count). The number of H-pyrrole nitrogens is 1. The van der Waals surface area contributed by atoms with Gasteiger partial charge in [-0.25, -0.2) is 0 Å². The van der Waals surface area contributed by atoms with Crippen molar-refractivity contribution in [2.24, 2.45) is 0 Å². The summed E-state index contributed by atoms with van der Waals surface area (Å²) < 4.78 is 0. The summed E-state index contributed by atoms with van der Waals surface area (Å²) in [6, 6.07) is 5.49. The van der Waals surface area contributed by atoms with Crippen LogP contribution in [0.4, 0.5) is 0 Å². The van der Waals surface area contributed by atoms with E-state index in [1.165, 1.54) is 0 Å². The van der Waals surface area contributed by atoms with Crippen molar-refractivity contribution in [1.82, 2.24) is 10.2 Å². The van der Waals surface area contributed by atoms with Gasteiger partial charge in [-0.3, -0.25) is 9.89 Å². The minimum absolute atomic E-state index is 0.0862. The third-order valence-electron chi connectivity index (χ3n) is 1.88. The summed E-state index contributed by atoms with van der Waals surface area (Å²) in [6.07, 6.45) is 1.71. The van der Waals surface area contributed by atoms with Crippen LogP contribution < -0.4 is 0 Å². The number of alkyl halides is 1. The molecule has 0 unspecified atom stereocenters. The van der Waals surface area contributed by atoms with Crippen molar-refractivity contribution in [3.05, 3.63) is 30.0 Å². The van der Waals surface area contributed by atoms with Crippen LogP contribution in [0.2, 0.25) is 0 Å². The second-order valence-corrected chi connectivity index (χ2v) is 3.29. The summed E-state index contributed by atoms with van der Waals surface area (Å²) in [5.41, 5.74) is 1.66. The van der Waals surface area contributed by atoms with E-state index in [-0.39, 0.29) is 5.78 Å². The molecule has 0 aliphatic carbocycles. The van der Waals surface area contributed by atoms with E-state index in [1.807, 2.05) is 12.1 Å². The number of Topliss-reactive ketones (excluding diaryl/α,β-unsaturated/α-hetero) is 1. The molecule has 0 aliphatic heterocycles. The standard InChI is InChI=1S/C9H7BrN2O/c10-4-9(13)6-1-2-8-7(3-6)5-11-12-8/h1-3,5H,4H2,(H,11,12). The number of halogens is 1. The number of carbonyl (C=O) groups is 1. The average Bonchev–Trinajstić information content (AvgIpc) is 2.63. The first-order valence-electron chi connectivity index (χ1n) is 3.83. The summed E-state index contributed by atoms with van der Waals surface area (Å²) in [6.45, 7) is 0. The average molecular weight is 239 g/mol. The minimum atomic E-state index is 0.0862. The van der Waals surface area contributed by atoms with Crippen LogP contribution in [-0.2, 0) is 0 Å². The third kappa shape index (κ3) is 1.49. The Labute approximate surface area is 83.3 Å². The molecule has 0 bridgehead atoms. The fraction of sp³-hybridized carbons (Fsp3) is 0.111. The van der Waals surface area contributed by atoms with E-state index in [1.54, 1.807) is 12.3 Å². The number of rotatable bonds is 2. The first-order valence-corrected chi connectivity index (χ1v) is 4.95. The number of hydrogen-bond donors (Lipinski definition) is 1. The molecule has 3 nitrogen and oxygen atoms in total. The minimum Gasteiger partial charge on any atom is -0.293 e. The van der Waals surface area contributed by atoms with Gasteiger partial charge in [0.1, 0.15) is 0 Å². The van der Waals surface area contributed by atoms with Crippen molar-refractivity contribution in [3.8, 4) is 0 Å². The molecule has 13 heavy (non-hydrogen) atoms. The molecule has 1 N–H and O–H groups in total. The van der Waals surface area contributed by atoms with Crippen LogP contribution in [-0.4, -0.2) is 21.3 Å². The van der Waals surface area contributed by atoms with Gasteiger partial charge in [0, 0.05) is 10.9 Å². The summed E-state index contributed by atoms with van der Waals surface area (Å²) in [4.78, 5) is 11.3. The maximum atomic E-state index is 11.3. The molecule has 4 heteroatoms. The number of nitrogens with zero attached hydrogens (tertiary/aromatic N) is 1. The number of nitrogens with one attached hydrogen (secondary N) is 1. The molecule has 66 valence electrons. The number of aromatic amines is 1. The predicted molar refractivity (Wildman–Crippen MR) is 54.2 cm³/mol. The smallest absolute Gasteiger partial charge is 0.173 e. The first kappa shape index (κ1) is 8.44. The molecule has 1 heterocycles. The Hall–Kier alpha value is -1.16. The molecule has 0 aliphatic rings. The molecule has 0 saturated heterocycles. The van der Waals surface area contributed by atoms with Crippen molar-refractivity contribution in [2.75, 3.05) is 5.33 Å². The zero-order valence-corrected chi connectivity index (χ0v) is 8.34. The Bertz CT molecular complexity index is 450. The lowest BCUT2D eigenvalue weighted by Gasteiger charge is -1.95. The lowest BCUT2D eigenvalue weighted by Crippen LogP contribution is -1.98. The van der Waals surface area contributed by atoms with Crippen molar-refractivity contribution in [3.63, 3.8) is 0 Å². The Morgan fingerprint density at radius 3 is 3.15 bits per heavy atom. The largest absolute Gasteiger partial charge is 0.293 e. The summed E-state index contributed by atoms with van der Waals surface area (Å²) in [5.74, 6) is 0.0862. The zero-order valence-electron chi connectivity index (χ0n) is 6.75. The van der Waals surface area contributed by atoms with Crippen molar-refractivity contribution >= 4 is 32.6 Å². The summed E-state index contributed by atoms with van der Waals surface area (Å²) >= 11 is 3.13. The van der Waals surface area contributed by atoms with Gasteiger partial charge in [-0.15, -0.1) is 0 Å². The molecular weight excluding hydrogens is 232 g/mol. The number of carbonyl (C=O) groups excluding carboxylic acids is 1. The Kier molecular flexibility index (Phi) is 2.14. The van der Waals surface area contributed by atoms with Gasteiger partial charge in [-0.2, -0.15) is 5.10 Å². The lowest BCUT2D eigenvalue weighted by atomic mass is 10.1. The highest BCUT2D eigenvalue weighted by atomic mass is 79.9. The molecular formula is C9H7BrN2O. The summed E-state index contributed by atoms with van der Waals surface area (Å²) in [7, 11) is 0. The van der Waals surface area contributed by atoms with Gasteiger partial charge in [-0.05, 0) is 18.2 Å². The maximum Gasteiger partial charge on any atom is 0.173 e. The van der Waals surface area contributed by atoms with Crippen molar-refractivity contribution in [1.29, 1.82) is 0 Å². The third-order valence-corrected chi connectivity index (χ3v) is 2.39. The lowest BCUT2D eigenvalue weighted by molar-refractivity contribution is 0.102. The van der Waals surface area contributed by atoms with E-state index < -0.39 is 0 Å². The Morgan fingerprint density at radius 2 is 2.38 bits per heavy atom. The number of ketones is 1. The molecule has 0 atom stereocenters. The molecule has 0 fully saturated rings. The molecule has 0 radical (unpaired) electrons. The van der Waals surface area contributed by atoms with Crippen LogP contribution in [0.25, 0.3) is 10.9 Å². The Balaban J connectivity index is 2.54. The predicted octanol–water partition coefficient (Wildman–Crippen LogP) is 2.14. The number of benzene rings is 1. The van der Waals surface area contributed by atoms with Crippen LogP contribution >= 0.6 is 15.9 Å². The molecule has 2 aromatic rings. The number of fused-ring (bicyclic) bond motifs is 1. The van der Waals surface area contributed by atoms with E-state index in [2.05, 4.69) is 26.1 Å². The summed E-state index contributed by atoms with van der Waals surface area (Å²) in [5, 5.41) is 8.03. The van der Waals surface area contributed by atoms with Gasteiger partial charge in [0.15, 0.2) is 5.78 Å². The quantitative estimate of drug-likeness (QED) is 0.644. The van der Waals surface area contributed by atoms with Crippen LogP contribution in [0.1, 0.15) is 10.4 Å². The number of aromatic nitrogens is 2. The molecule has 1 aromatic heterocycles. The van der Waals surface area contributed by atoms with E-state index >= 15 is 0 Å². The van der Waals surface area contributed by atoms with Crippen LogP contribution in [0.15, 0.2) is 24.4 Å². The normalized spacial score (nSPS) is 10.5.